The number of amides is 1. The van der Waals surface area contributed by atoms with E-state index >= 15 is 0 Å². The van der Waals surface area contributed by atoms with E-state index in [1.807, 2.05) is 29.7 Å². The number of hydrogen-bond acceptors (Lipinski definition) is 3. The van der Waals surface area contributed by atoms with Crippen LogP contribution < -0.4 is 15.2 Å². The largest absolute Gasteiger partial charge is 0.493 e. The van der Waals surface area contributed by atoms with Crippen LogP contribution in [0.3, 0.4) is 0 Å². The van der Waals surface area contributed by atoms with Gasteiger partial charge in [-0.25, -0.2) is 4.39 Å². The van der Waals surface area contributed by atoms with Gasteiger partial charge in [0.15, 0.2) is 11.5 Å². The number of hydrogen-bond donors (Lipinski definition) is 1. The molecular weight excluding hydrogens is 359 g/mol. The van der Waals surface area contributed by atoms with Gasteiger partial charge in [0.1, 0.15) is 5.82 Å². The third-order valence-electron chi connectivity index (χ3n) is 4.84. The Kier molecular flexibility index (Phi) is 5.68. The van der Waals surface area contributed by atoms with Gasteiger partial charge in [-0.15, -0.1) is 0 Å². The quantitative estimate of drug-likeness (QED) is 0.673. The van der Waals surface area contributed by atoms with E-state index < -0.39 is 5.91 Å². The number of carbonyl (C=O) groups is 1. The molecule has 1 heterocycles. The molecule has 0 aliphatic rings. The summed E-state index contributed by atoms with van der Waals surface area (Å²) in [5.41, 5.74) is 9.50. The lowest BCUT2D eigenvalue weighted by molar-refractivity contribution is 0.0999. The summed E-state index contributed by atoms with van der Waals surface area (Å²) in [4.78, 5) is 11.8. The van der Waals surface area contributed by atoms with E-state index in [0.717, 1.165) is 22.5 Å². The highest BCUT2D eigenvalue weighted by atomic mass is 19.1. The Morgan fingerprint density at radius 3 is 2.32 bits per heavy atom. The highest BCUT2D eigenvalue weighted by Crippen LogP contribution is 2.29. The van der Waals surface area contributed by atoms with Crippen molar-refractivity contribution in [2.45, 2.75) is 19.9 Å². The zero-order valence-corrected chi connectivity index (χ0v) is 16.2. The molecule has 0 radical (unpaired) electrons. The van der Waals surface area contributed by atoms with Crippen LogP contribution in [0.15, 0.2) is 48.5 Å². The van der Waals surface area contributed by atoms with Crippen molar-refractivity contribution < 1.29 is 18.7 Å². The molecule has 2 N–H and O–H groups in total. The molecule has 1 amide bonds. The SMILES string of the molecule is COc1ccc(CCn2c(-c3ccc(F)cc3)cc(C(N)=O)c2C)cc1OC. The summed E-state index contributed by atoms with van der Waals surface area (Å²) in [7, 11) is 3.20. The number of benzene rings is 2. The van der Waals surface area contributed by atoms with Crippen molar-refractivity contribution in [2.75, 3.05) is 14.2 Å². The zero-order chi connectivity index (χ0) is 20.3. The van der Waals surface area contributed by atoms with E-state index in [1.165, 1.54) is 12.1 Å². The molecule has 3 rings (SSSR count). The van der Waals surface area contributed by atoms with Crippen molar-refractivity contribution in [3.8, 4) is 22.8 Å². The first-order valence-corrected chi connectivity index (χ1v) is 8.91. The lowest BCUT2D eigenvalue weighted by Gasteiger charge is -2.14. The summed E-state index contributed by atoms with van der Waals surface area (Å²) < 4.78 is 26.0. The van der Waals surface area contributed by atoms with Crippen LogP contribution in [-0.2, 0) is 13.0 Å². The number of primary amides is 1. The molecule has 0 aliphatic carbocycles. The standard InChI is InChI=1S/C22H23FN2O3/c1-14-18(22(24)26)13-19(16-5-7-17(23)8-6-16)25(14)11-10-15-4-9-20(27-2)21(12-15)28-3/h4-9,12-13H,10-11H2,1-3H3,(H2,24,26). The molecule has 0 saturated heterocycles. The van der Waals surface area contributed by atoms with E-state index in [4.69, 9.17) is 15.2 Å². The first-order chi connectivity index (χ1) is 13.4. The summed E-state index contributed by atoms with van der Waals surface area (Å²) in [6, 6.07) is 13.7. The van der Waals surface area contributed by atoms with Crippen LogP contribution in [0.1, 0.15) is 21.6 Å². The molecular formula is C22H23FN2O3. The van der Waals surface area contributed by atoms with Crippen LogP contribution in [0.4, 0.5) is 4.39 Å². The fourth-order valence-electron chi connectivity index (χ4n) is 3.32. The number of rotatable bonds is 7. The molecule has 5 nitrogen and oxygen atoms in total. The van der Waals surface area contributed by atoms with Gasteiger partial charge in [0.05, 0.1) is 19.8 Å². The average molecular weight is 382 g/mol. The summed E-state index contributed by atoms with van der Waals surface area (Å²) in [5.74, 6) is 0.553. The molecule has 146 valence electrons. The lowest BCUT2D eigenvalue weighted by atomic mass is 10.1. The van der Waals surface area contributed by atoms with Gasteiger partial charge in [-0.05, 0) is 66.9 Å². The average Bonchev–Trinajstić information content (AvgIpc) is 3.03. The highest BCUT2D eigenvalue weighted by Gasteiger charge is 2.17. The van der Waals surface area contributed by atoms with E-state index in [9.17, 15) is 9.18 Å². The summed E-state index contributed by atoms with van der Waals surface area (Å²) >= 11 is 0. The number of nitrogens with zero attached hydrogens (tertiary/aromatic N) is 1. The smallest absolute Gasteiger partial charge is 0.250 e. The molecule has 28 heavy (non-hydrogen) atoms. The molecule has 0 bridgehead atoms. The topological polar surface area (TPSA) is 66.5 Å². The van der Waals surface area contributed by atoms with Gasteiger partial charge in [0.25, 0.3) is 5.91 Å². The van der Waals surface area contributed by atoms with Crippen molar-refractivity contribution in [2.24, 2.45) is 5.73 Å². The second-order valence-corrected chi connectivity index (χ2v) is 6.49. The van der Waals surface area contributed by atoms with Crippen LogP contribution in [0.25, 0.3) is 11.3 Å². The number of ether oxygens (including phenoxy) is 2. The van der Waals surface area contributed by atoms with Crippen molar-refractivity contribution >= 4 is 5.91 Å². The van der Waals surface area contributed by atoms with Gasteiger partial charge in [-0.2, -0.15) is 0 Å². The molecule has 1 aromatic heterocycles. The van der Waals surface area contributed by atoms with E-state index in [0.29, 0.717) is 30.0 Å². The van der Waals surface area contributed by atoms with Crippen LogP contribution in [-0.4, -0.2) is 24.7 Å². The summed E-state index contributed by atoms with van der Waals surface area (Å²) in [6.45, 7) is 2.49. The Balaban J connectivity index is 1.94. The highest BCUT2D eigenvalue weighted by molar-refractivity contribution is 5.95. The Hall–Kier alpha value is -3.28. The van der Waals surface area contributed by atoms with E-state index in [1.54, 1.807) is 32.4 Å². The van der Waals surface area contributed by atoms with Gasteiger partial charge in [0.2, 0.25) is 0 Å². The van der Waals surface area contributed by atoms with Gasteiger partial charge in [-0.3, -0.25) is 4.79 Å². The summed E-state index contributed by atoms with van der Waals surface area (Å²) in [5, 5.41) is 0. The number of aromatic nitrogens is 1. The first kappa shape index (κ1) is 19.5. The van der Waals surface area contributed by atoms with Gasteiger partial charge in [0, 0.05) is 17.9 Å². The predicted molar refractivity (Wildman–Crippen MR) is 106 cm³/mol. The molecule has 6 heteroatoms. The Morgan fingerprint density at radius 2 is 1.71 bits per heavy atom. The van der Waals surface area contributed by atoms with Gasteiger partial charge < -0.3 is 19.8 Å². The first-order valence-electron chi connectivity index (χ1n) is 8.91. The minimum absolute atomic E-state index is 0.306. The molecule has 0 unspecified atom stereocenters. The van der Waals surface area contributed by atoms with Crippen LogP contribution in [0.2, 0.25) is 0 Å². The normalized spacial score (nSPS) is 10.7. The fourth-order valence-corrected chi connectivity index (χ4v) is 3.32. The maximum absolute atomic E-state index is 13.3. The molecule has 0 atom stereocenters. The molecule has 2 aromatic carbocycles. The molecule has 0 fully saturated rings. The van der Waals surface area contributed by atoms with E-state index in [2.05, 4.69) is 0 Å². The van der Waals surface area contributed by atoms with Crippen LogP contribution in [0.5, 0.6) is 11.5 Å². The number of carbonyl (C=O) groups excluding carboxylic acids is 1. The Bertz CT molecular complexity index is 994. The van der Waals surface area contributed by atoms with Crippen LogP contribution >= 0.6 is 0 Å². The minimum atomic E-state index is -0.481. The summed E-state index contributed by atoms with van der Waals surface area (Å²) in [6.07, 6.45) is 0.711. The number of nitrogens with two attached hydrogens (primary N) is 1. The Labute approximate surface area is 163 Å². The number of halogens is 1. The molecule has 0 spiro atoms. The predicted octanol–water partition coefficient (Wildman–Crippen LogP) is 3.96. The maximum atomic E-state index is 13.3. The maximum Gasteiger partial charge on any atom is 0.250 e. The molecule has 3 aromatic rings. The Morgan fingerprint density at radius 1 is 1.04 bits per heavy atom. The molecule has 0 aliphatic heterocycles. The third kappa shape index (κ3) is 3.86. The lowest BCUT2D eigenvalue weighted by Crippen LogP contribution is -2.13. The van der Waals surface area contributed by atoms with Gasteiger partial charge in [-0.1, -0.05) is 6.07 Å². The van der Waals surface area contributed by atoms with Crippen molar-refractivity contribution in [3.63, 3.8) is 0 Å². The second-order valence-electron chi connectivity index (χ2n) is 6.49. The number of aryl methyl sites for hydroxylation is 1. The molecule has 0 saturated carbocycles. The monoisotopic (exact) mass is 382 g/mol. The van der Waals surface area contributed by atoms with Crippen molar-refractivity contribution in [1.29, 1.82) is 0 Å². The number of methoxy groups -OCH3 is 2. The van der Waals surface area contributed by atoms with Crippen molar-refractivity contribution in [1.82, 2.24) is 4.57 Å². The van der Waals surface area contributed by atoms with Crippen molar-refractivity contribution in [3.05, 3.63) is 71.2 Å². The third-order valence-corrected chi connectivity index (χ3v) is 4.84. The minimum Gasteiger partial charge on any atom is -0.493 e. The van der Waals surface area contributed by atoms with Crippen LogP contribution in [0, 0.1) is 12.7 Å². The fraction of sp³-hybridized carbons (Fsp3) is 0.227. The zero-order valence-electron chi connectivity index (χ0n) is 16.2. The second kappa shape index (κ2) is 8.17. The van der Waals surface area contributed by atoms with E-state index in [-0.39, 0.29) is 5.82 Å². The van der Waals surface area contributed by atoms with Gasteiger partial charge >= 0.3 is 0 Å².